The lowest BCUT2D eigenvalue weighted by Gasteiger charge is -2.25. The van der Waals surface area contributed by atoms with Gasteiger partial charge in [-0.2, -0.15) is 0 Å². The van der Waals surface area contributed by atoms with Crippen LogP contribution in [0.15, 0.2) is 24.3 Å². The van der Waals surface area contributed by atoms with Crippen LogP contribution in [0.4, 0.5) is 0 Å². The van der Waals surface area contributed by atoms with E-state index in [1.165, 1.54) is 5.56 Å². The van der Waals surface area contributed by atoms with Gasteiger partial charge in [-0.1, -0.05) is 29.8 Å². The smallest absolute Gasteiger partial charge is 0.233 e. The number of carbonyl (C=O) groups excluding carboxylic acids is 1. The molecule has 1 aliphatic rings. The third-order valence-corrected chi connectivity index (χ3v) is 4.05. The number of aliphatic hydroxyl groups excluding tert-OH is 1. The second-order valence-corrected chi connectivity index (χ2v) is 5.54. The van der Waals surface area contributed by atoms with E-state index < -0.39 is 6.10 Å². The molecule has 1 heterocycles. The molecule has 1 aromatic rings. The van der Waals surface area contributed by atoms with Crippen molar-refractivity contribution in [3.63, 3.8) is 0 Å². The van der Waals surface area contributed by atoms with E-state index in [-0.39, 0.29) is 11.3 Å². The molecular weight excluding hydrogens is 234 g/mol. The van der Waals surface area contributed by atoms with Gasteiger partial charge in [-0.3, -0.25) is 4.79 Å². The third-order valence-electron chi connectivity index (χ3n) is 2.79. The van der Waals surface area contributed by atoms with Crippen molar-refractivity contribution in [2.45, 2.75) is 25.3 Å². The SMILES string of the molecule is Cc1ccc([C@H]2SCC(=O)N2C[C@@H](C)O)cc1. The molecule has 0 aromatic heterocycles. The standard InChI is InChI=1S/C13H17NO2S/c1-9-3-5-11(6-4-9)13-14(7-10(2)15)12(16)8-17-13/h3-6,10,13,15H,7-8H2,1-2H3/t10-,13-/m1/s1. The van der Waals surface area contributed by atoms with Gasteiger partial charge in [0.05, 0.1) is 11.9 Å². The summed E-state index contributed by atoms with van der Waals surface area (Å²) in [5.41, 5.74) is 2.34. The number of hydrogen-bond donors (Lipinski definition) is 1. The highest BCUT2D eigenvalue weighted by Crippen LogP contribution is 2.38. The van der Waals surface area contributed by atoms with Crippen molar-refractivity contribution in [1.82, 2.24) is 4.90 Å². The zero-order valence-electron chi connectivity index (χ0n) is 10.1. The molecule has 1 fully saturated rings. The molecule has 2 atom stereocenters. The van der Waals surface area contributed by atoms with Crippen LogP contribution in [-0.4, -0.2) is 34.3 Å². The van der Waals surface area contributed by atoms with Crippen LogP contribution in [0.3, 0.4) is 0 Å². The van der Waals surface area contributed by atoms with E-state index in [2.05, 4.69) is 24.3 Å². The number of rotatable bonds is 3. The van der Waals surface area contributed by atoms with Gasteiger partial charge in [0.1, 0.15) is 5.37 Å². The molecule has 4 heteroatoms. The van der Waals surface area contributed by atoms with Crippen LogP contribution >= 0.6 is 11.8 Å². The van der Waals surface area contributed by atoms with Crippen LogP contribution in [0.5, 0.6) is 0 Å². The van der Waals surface area contributed by atoms with E-state index in [1.54, 1.807) is 23.6 Å². The Balaban J connectivity index is 2.19. The monoisotopic (exact) mass is 251 g/mol. The van der Waals surface area contributed by atoms with E-state index in [0.717, 1.165) is 5.56 Å². The fourth-order valence-electron chi connectivity index (χ4n) is 1.94. The summed E-state index contributed by atoms with van der Waals surface area (Å²) in [6.07, 6.45) is -0.481. The van der Waals surface area contributed by atoms with Crippen LogP contribution < -0.4 is 0 Å². The van der Waals surface area contributed by atoms with Gasteiger partial charge in [0.2, 0.25) is 5.91 Å². The highest BCUT2D eigenvalue weighted by molar-refractivity contribution is 8.00. The first-order valence-corrected chi connectivity index (χ1v) is 6.78. The van der Waals surface area contributed by atoms with Gasteiger partial charge < -0.3 is 10.0 Å². The minimum atomic E-state index is -0.481. The average molecular weight is 251 g/mol. The maximum atomic E-state index is 11.8. The molecule has 0 aliphatic carbocycles. The van der Waals surface area contributed by atoms with Crippen molar-refractivity contribution in [3.8, 4) is 0 Å². The lowest BCUT2D eigenvalue weighted by Crippen LogP contribution is -2.34. The minimum absolute atomic E-state index is 0.0534. The predicted octanol–water partition coefficient (Wildman–Crippen LogP) is 1.95. The Bertz CT molecular complexity index is 402. The Morgan fingerprint density at radius 2 is 2.12 bits per heavy atom. The third kappa shape index (κ3) is 2.82. The normalized spacial score (nSPS) is 21.9. The molecule has 92 valence electrons. The van der Waals surface area contributed by atoms with Crippen molar-refractivity contribution in [2.24, 2.45) is 0 Å². The van der Waals surface area contributed by atoms with Gasteiger partial charge in [-0.25, -0.2) is 0 Å². The van der Waals surface area contributed by atoms with Crippen LogP contribution in [0.25, 0.3) is 0 Å². The zero-order valence-corrected chi connectivity index (χ0v) is 10.9. The van der Waals surface area contributed by atoms with Crippen LogP contribution in [0, 0.1) is 6.92 Å². The molecule has 2 rings (SSSR count). The number of nitrogens with zero attached hydrogens (tertiary/aromatic N) is 1. The molecule has 17 heavy (non-hydrogen) atoms. The molecule has 1 saturated heterocycles. The minimum Gasteiger partial charge on any atom is -0.392 e. The number of aliphatic hydroxyl groups is 1. The highest BCUT2D eigenvalue weighted by atomic mass is 32.2. The Morgan fingerprint density at radius 3 is 2.71 bits per heavy atom. The fourth-order valence-corrected chi connectivity index (χ4v) is 3.14. The number of thioether (sulfide) groups is 1. The summed E-state index contributed by atoms with van der Waals surface area (Å²) in [6.45, 7) is 4.16. The van der Waals surface area contributed by atoms with Gasteiger partial charge in [-0.05, 0) is 19.4 Å². The molecule has 1 amide bonds. The van der Waals surface area contributed by atoms with Crippen molar-refractivity contribution < 1.29 is 9.90 Å². The predicted molar refractivity (Wildman–Crippen MR) is 69.8 cm³/mol. The van der Waals surface area contributed by atoms with E-state index >= 15 is 0 Å². The summed E-state index contributed by atoms with van der Waals surface area (Å²) in [5, 5.41) is 9.49. The number of benzene rings is 1. The van der Waals surface area contributed by atoms with Crippen LogP contribution in [0.2, 0.25) is 0 Å². The Hall–Kier alpha value is -1.00. The molecular formula is C13H17NO2S. The summed E-state index contributed by atoms with van der Waals surface area (Å²) < 4.78 is 0. The number of hydrogen-bond acceptors (Lipinski definition) is 3. The molecule has 0 radical (unpaired) electrons. The second kappa shape index (κ2) is 5.10. The number of β-amino-alcohol motifs (C(OH)–C–C–N with tert-alkyl or cyclic N) is 1. The Labute approximate surface area is 106 Å². The Morgan fingerprint density at radius 1 is 1.47 bits per heavy atom. The largest absolute Gasteiger partial charge is 0.392 e. The summed E-state index contributed by atoms with van der Waals surface area (Å²) in [6, 6.07) is 8.22. The first-order chi connectivity index (χ1) is 8.08. The summed E-state index contributed by atoms with van der Waals surface area (Å²) in [7, 11) is 0. The van der Waals surface area contributed by atoms with Crippen LogP contribution in [-0.2, 0) is 4.79 Å². The summed E-state index contributed by atoms with van der Waals surface area (Å²) in [4.78, 5) is 13.5. The van der Waals surface area contributed by atoms with E-state index in [9.17, 15) is 9.90 Å². The van der Waals surface area contributed by atoms with Gasteiger partial charge in [-0.15, -0.1) is 11.8 Å². The van der Waals surface area contributed by atoms with Crippen molar-refractivity contribution in [2.75, 3.05) is 12.3 Å². The fraction of sp³-hybridized carbons (Fsp3) is 0.462. The zero-order chi connectivity index (χ0) is 12.4. The first-order valence-electron chi connectivity index (χ1n) is 5.73. The molecule has 0 spiro atoms. The molecule has 1 aromatic carbocycles. The lowest BCUT2D eigenvalue weighted by atomic mass is 10.1. The van der Waals surface area contributed by atoms with E-state index in [4.69, 9.17) is 0 Å². The van der Waals surface area contributed by atoms with Crippen molar-refractivity contribution >= 4 is 17.7 Å². The molecule has 0 saturated carbocycles. The highest BCUT2D eigenvalue weighted by Gasteiger charge is 2.33. The Kier molecular flexibility index (Phi) is 3.74. The lowest BCUT2D eigenvalue weighted by molar-refractivity contribution is -0.129. The van der Waals surface area contributed by atoms with Gasteiger partial charge >= 0.3 is 0 Å². The maximum Gasteiger partial charge on any atom is 0.233 e. The van der Waals surface area contributed by atoms with Crippen LogP contribution in [0.1, 0.15) is 23.4 Å². The second-order valence-electron chi connectivity index (χ2n) is 4.47. The molecule has 1 N–H and O–H groups in total. The maximum absolute atomic E-state index is 11.8. The summed E-state index contributed by atoms with van der Waals surface area (Å²) in [5.74, 6) is 0.618. The number of aryl methyl sites for hydroxylation is 1. The van der Waals surface area contributed by atoms with Crippen molar-refractivity contribution in [1.29, 1.82) is 0 Å². The van der Waals surface area contributed by atoms with Gasteiger partial charge in [0.25, 0.3) is 0 Å². The topological polar surface area (TPSA) is 40.5 Å². The molecule has 1 aliphatic heterocycles. The number of carbonyl (C=O) groups is 1. The van der Waals surface area contributed by atoms with Crippen molar-refractivity contribution in [3.05, 3.63) is 35.4 Å². The van der Waals surface area contributed by atoms with E-state index in [1.807, 2.05) is 6.92 Å². The van der Waals surface area contributed by atoms with E-state index in [0.29, 0.717) is 12.3 Å². The quantitative estimate of drug-likeness (QED) is 0.892. The molecule has 3 nitrogen and oxygen atoms in total. The van der Waals surface area contributed by atoms with Gasteiger partial charge in [0.15, 0.2) is 0 Å². The first kappa shape index (κ1) is 12.5. The number of amides is 1. The molecule has 0 unspecified atom stereocenters. The van der Waals surface area contributed by atoms with Gasteiger partial charge in [0, 0.05) is 6.54 Å². The average Bonchev–Trinajstić information content (AvgIpc) is 2.61. The molecule has 0 bridgehead atoms. The summed E-state index contributed by atoms with van der Waals surface area (Å²) >= 11 is 1.62.